The minimum atomic E-state index is -0.490. The summed E-state index contributed by atoms with van der Waals surface area (Å²) < 4.78 is 5.57. The number of benzene rings is 1. The van der Waals surface area contributed by atoms with Crippen LogP contribution >= 0.6 is 0 Å². The van der Waals surface area contributed by atoms with Crippen molar-refractivity contribution < 1.29 is 14.5 Å². The van der Waals surface area contributed by atoms with Gasteiger partial charge in [-0.2, -0.15) is 0 Å². The topological polar surface area (TPSA) is 84.7 Å². The van der Waals surface area contributed by atoms with E-state index in [9.17, 15) is 14.9 Å². The molecule has 1 heterocycles. The predicted octanol–water partition coefficient (Wildman–Crippen LogP) is 2.81. The van der Waals surface area contributed by atoms with Crippen molar-refractivity contribution in [3.8, 4) is 0 Å². The summed E-state index contributed by atoms with van der Waals surface area (Å²) in [4.78, 5) is 25.1. The highest BCUT2D eigenvalue weighted by atomic mass is 16.6. The van der Waals surface area contributed by atoms with Gasteiger partial charge in [-0.15, -0.1) is 0 Å². The number of nitro groups is 1. The number of nitro benzene ring substituents is 1. The van der Waals surface area contributed by atoms with Gasteiger partial charge in [0, 0.05) is 38.5 Å². The molecule has 0 aromatic heterocycles. The van der Waals surface area contributed by atoms with Crippen LogP contribution in [-0.2, 0) is 4.74 Å². The van der Waals surface area contributed by atoms with Crippen molar-refractivity contribution in [1.29, 1.82) is 0 Å². The lowest BCUT2D eigenvalue weighted by atomic mass is 9.80. The molecule has 3 rings (SSSR count). The van der Waals surface area contributed by atoms with Gasteiger partial charge in [0.1, 0.15) is 5.56 Å². The highest BCUT2D eigenvalue weighted by Gasteiger charge is 2.37. The van der Waals surface area contributed by atoms with E-state index in [1.54, 1.807) is 24.1 Å². The zero-order valence-corrected chi connectivity index (χ0v) is 13.9. The molecule has 1 N–H and O–H groups in total. The number of nitrogens with one attached hydrogen (secondary N) is 1. The van der Waals surface area contributed by atoms with E-state index in [1.807, 2.05) is 0 Å². The molecule has 2 fully saturated rings. The number of carbonyl (C=O) groups excluding carboxylic acids is 1. The lowest BCUT2D eigenvalue weighted by Gasteiger charge is -2.40. The molecule has 130 valence electrons. The van der Waals surface area contributed by atoms with Gasteiger partial charge in [-0.25, -0.2) is 0 Å². The number of rotatable bonds is 6. The van der Waals surface area contributed by atoms with Crippen LogP contribution in [0.15, 0.2) is 18.2 Å². The van der Waals surface area contributed by atoms with E-state index < -0.39 is 4.92 Å². The zero-order chi connectivity index (χ0) is 17.2. The molecule has 1 aromatic carbocycles. The van der Waals surface area contributed by atoms with E-state index in [0.29, 0.717) is 25.3 Å². The first-order valence-corrected chi connectivity index (χ1v) is 8.41. The monoisotopic (exact) mass is 333 g/mol. The molecular weight excluding hydrogens is 310 g/mol. The van der Waals surface area contributed by atoms with Crippen molar-refractivity contribution in [3.63, 3.8) is 0 Å². The molecule has 0 spiro atoms. The van der Waals surface area contributed by atoms with E-state index in [0.717, 1.165) is 32.1 Å². The third-order valence-corrected chi connectivity index (χ3v) is 5.13. The molecule has 24 heavy (non-hydrogen) atoms. The molecule has 1 saturated carbocycles. The van der Waals surface area contributed by atoms with Crippen LogP contribution in [0.1, 0.15) is 42.5 Å². The molecule has 1 aliphatic carbocycles. The molecule has 2 aliphatic rings. The number of hydrogen-bond donors (Lipinski definition) is 1. The van der Waals surface area contributed by atoms with Crippen molar-refractivity contribution in [2.24, 2.45) is 0 Å². The number of likely N-dealkylation sites (tertiary alicyclic amines) is 1. The van der Waals surface area contributed by atoms with Crippen molar-refractivity contribution in [3.05, 3.63) is 33.9 Å². The minimum absolute atomic E-state index is 0.137. The van der Waals surface area contributed by atoms with Crippen molar-refractivity contribution in [1.82, 2.24) is 4.90 Å². The normalized spacial score (nSPS) is 19.0. The smallest absolute Gasteiger partial charge is 0.282 e. The van der Waals surface area contributed by atoms with Crippen LogP contribution in [0.4, 0.5) is 11.4 Å². The second-order valence-electron chi connectivity index (χ2n) is 6.58. The van der Waals surface area contributed by atoms with Crippen molar-refractivity contribution in [2.75, 3.05) is 32.1 Å². The van der Waals surface area contributed by atoms with Crippen LogP contribution in [0.5, 0.6) is 0 Å². The summed E-state index contributed by atoms with van der Waals surface area (Å²) in [6.45, 7) is 1.97. The molecular formula is C17H23N3O4. The Morgan fingerprint density at radius 1 is 1.33 bits per heavy atom. The van der Waals surface area contributed by atoms with Crippen LogP contribution < -0.4 is 5.32 Å². The summed E-state index contributed by atoms with van der Waals surface area (Å²) in [6.07, 6.45) is 5.06. The summed E-state index contributed by atoms with van der Waals surface area (Å²) >= 11 is 0. The van der Waals surface area contributed by atoms with E-state index in [1.165, 1.54) is 6.07 Å². The van der Waals surface area contributed by atoms with Gasteiger partial charge in [0.15, 0.2) is 0 Å². The molecule has 1 saturated heterocycles. The summed E-state index contributed by atoms with van der Waals surface area (Å²) in [5.74, 6) is -0.257. The Labute approximate surface area is 141 Å². The molecule has 0 bridgehead atoms. The zero-order valence-electron chi connectivity index (χ0n) is 13.9. The number of nitrogens with zero attached hydrogens (tertiary/aromatic N) is 2. The van der Waals surface area contributed by atoms with E-state index in [2.05, 4.69) is 5.32 Å². The Morgan fingerprint density at radius 2 is 2.04 bits per heavy atom. The number of carbonyl (C=O) groups is 1. The first-order valence-electron chi connectivity index (χ1n) is 8.41. The van der Waals surface area contributed by atoms with Gasteiger partial charge >= 0.3 is 0 Å². The summed E-state index contributed by atoms with van der Waals surface area (Å²) in [6, 6.07) is 4.66. The SMILES string of the molecule is COC1(CNc2ccc([N+](=O)[O-])c(C(=O)N3CCCC3)c2)CCC1. The Balaban J connectivity index is 1.79. The lowest BCUT2D eigenvalue weighted by molar-refractivity contribution is -0.385. The minimum Gasteiger partial charge on any atom is -0.382 e. The van der Waals surface area contributed by atoms with Gasteiger partial charge in [-0.05, 0) is 44.2 Å². The van der Waals surface area contributed by atoms with Crippen molar-refractivity contribution in [2.45, 2.75) is 37.7 Å². The fourth-order valence-corrected chi connectivity index (χ4v) is 3.35. The first-order chi connectivity index (χ1) is 11.5. The van der Waals surface area contributed by atoms with Crippen LogP contribution in [0.3, 0.4) is 0 Å². The Hall–Kier alpha value is -2.15. The van der Waals surface area contributed by atoms with E-state index >= 15 is 0 Å². The fraction of sp³-hybridized carbons (Fsp3) is 0.588. The summed E-state index contributed by atoms with van der Waals surface area (Å²) in [5, 5.41) is 14.5. The highest BCUT2D eigenvalue weighted by Crippen LogP contribution is 2.35. The number of amides is 1. The number of anilines is 1. The maximum atomic E-state index is 12.6. The maximum Gasteiger partial charge on any atom is 0.282 e. The van der Waals surface area contributed by atoms with Crippen LogP contribution in [0.2, 0.25) is 0 Å². The molecule has 7 nitrogen and oxygen atoms in total. The molecule has 7 heteroatoms. The number of hydrogen-bond acceptors (Lipinski definition) is 5. The second kappa shape index (κ2) is 6.76. The fourth-order valence-electron chi connectivity index (χ4n) is 3.35. The third-order valence-electron chi connectivity index (χ3n) is 5.13. The molecule has 0 atom stereocenters. The van der Waals surface area contributed by atoms with E-state index in [4.69, 9.17) is 4.74 Å². The largest absolute Gasteiger partial charge is 0.382 e. The van der Waals surface area contributed by atoms with Gasteiger partial charge in [-0.1, -0.05) is 0 Å². The molecule has 1 aliphatic heterocycles. The Kier molecular flexibility index (Phi) is 4.71. The van der Waals surface area contributed by atoms with E-state index in [-0.39, 0.29) is 22.8 Å². The average molecular weight is 333 g/mol. The standard InChI is InChI=1S/C17H23N3O4/c1-24-17(7-4-8-17)12-18-13-5-6-15(20(22)23)14(11-13)16(21)19-9-2-3-10-19/h5-6,11,18H,2-4,7-10,12H2,1H3. The van der Waals surface area contributed by atoms with Gasteiger partial charge < -0.3 is 15.0 Å². The maximum absolute atomic E-state index is 12.6. The van der Waals surface area contributed by atoms with Gasteiger partial charge in [0.2, 0.25) is 0 Å². The molecule has 0 unspecified atom stereocenters. The number of methoxy groups -OCH3 is 1. The van der Waals surface area contributed by atoms with Crippen LogP contribution in [0.25, 0.3) is 0 Å². The summed E-state index contributed by atoms with van der Waals surface area (Å²) in [7, 11) is 1.71. The highest BCUT2D eigenvalue weighted by molar-refractivity contribution is 5.99. The Bertz CT molecular complexity index is 631. The van der Waals surface area contributed by atoms with Gasteiger partial charge in [0.05, 0.1) is 10.5 Å². The van der Waals surface area contributed by atoms with Crippen LogP contribution in [0, 0.1) is 10.1 Å². The van der Waals surface area contributed by atoms with Crippen molar-refractivity contribution >= 4 is 17.3 Å². The lowest BCUT2D eigenvalue weighted by Crippen LogP contribution is -2.45. The van der Waals surface area contributed by atoms with Crippen LogP contribution in [-0.4, -0.2) is 48.1 Å². The van der Waals surface area contributed by atoms with Gasteiger partial charge in [-0.3, -0.25) is 14.9 Å². The average Bonchev–Trinajstić information content (AvgIpc) is 3.07. The molecule has 1 amide bonds. The Morgan fingerprint density at radius 3 is 2.58 bits per heavy atom. The molecule has 1 aromatic rings. The second-order valence-corrected chi connectivity index (χ2v) is 6.58. The first kappa shape index (κ1) is 16.7. The molecule has 0 radical (unpaired) electrons. The predicted molar refractivity (Wildman–Crippen MR) is 90.3 cm³/mol. The quantitative estimate of drug-likeness (QED) is 0.639. The third kappa shape index (κ3) is 3.21. The summed E-state index contributed by atoms with van der Waals surface area (Å²) in [5.41, 5.74) is 0.585. The number of ether oxygens (including phenoxy) is 1. The van der Waals surface area contributed by atoms with Gasteiger partial charge in [0.25, 0.3) is 11.6 Å².